The lowest BCUT2D eigenvalue weighted by atomic mass is 9.80. The summed E-state index contributed by atoms with van der Waals surface area (Å²) in [5, 5.41) is 0. The molecule has 0 amide bonds. The first-order valence-corrected chi connectivity index (χ1v) is 7.39. The van der Waals surface area contributed by atoms with Gasteiger partial charge in [0.05, 0.1) is 6.61 Å². The Morgan fingerprint density at radius 2 is 2.00 bits per heavy atom. The quantitative estimate of drug-likeness (QED) is 0.684. The molecule has 0 spiro atoms. The van der Waals surface area contributed by atoms with Crippen LogP contribution < -0.4 is 5.73 Å². The summed E-state index contributed by atoms with van der Waals surface area (Å²) in [6, 6.07) is 0. The first-order chi connectivity index (χ1) is 7.38. The van der Waals surface area contributed by atoms with Crippen molar-refractivity contribution >= 4 is 11.8 Å². The summed E-state index contributed by atoms with van der Waals surface area (Å²) in [4.78, 5) is 0. The second-order valence-electron chi connectivity index (χ2n) is 4.31. The Morgan fingerprint density at radius 3 is 2.67 bits per heavy atom. The van der Waals surface area contributed by atoms with Gasteiger partial charge in [-0.05, 0) is 37.0 Å². The fraction of sp³-hybridized carbons (Fsp3) is 1.00. The van der Waals surface area contributed by atoms with Crippen molar-refractivity contribution < 1.29 is 4.74 Å². The Bertz CT molecular complexity index is 155. The maximum atomic E-state index is 5.79. The van der Waals surface area contributed by atoms with Crippen molar-refractivity contribution in [3.63, 3.8) is 0 Å². The molecule has 0 heterocycles. The molecule has 15 heavy (non-hydrogen) atoms. The minimum atomic E-state index is 0.720. The fourth-order valence-electron chi connectivity index (χ4n) is 2.31. The van der Waals surface area contributed by atoms with Crippen molar-refractivity contribution in [3.8, 4) is 0 Å². The Kier molecular flexibility index (Phi) is 7.49. The molecule has 2 nitrogen and oxygen atoms in total. The monoisotopic (exact) mass is 231 g/mol. The van der Waals surface area contributed by atoms with E-state index in [4.69, 9.17) is 10.5 Å². The third-order valence-electron chi connectivity index (χ3n) is 3.28. The fourth-order valence-corrected chi connectivity index (χ4v) is 2.84. The second kappa shape index (κ2) is 8.43. The van der Waals surface area contributed by atoms with Gasteiger partial charge in [-0.15, -0.1) is 0 Å². The predicted octanol–water partition coefficient (Wildman–Crippen LogP) is 2.52. The number of rotatable bonds is 7. The molecule has 90 valence electrons. The normalized spacial score (nSPS) is 26.8. The number of ether oxygens (including phenoxy) is 1. The van der Waals surface area contributed by atoms with E-state index in [9.17, 15) is 0 Å². The van der Waals surface area contributed by atoms with Crippen molar-refractivity contribution in [3.05, 3.63) is 0 Å². The van der Waals surface area contributed by atoms with E-state index < -0.39 is 0 Å². The first-order valence-electron chi connectivity index (χ1n) is 6.24. The van der Waals surface area contributed by atoms with Gasteiger partial charge < -0.3 is 10.5 Å². The Morgan fingerprint density at radius 1 is 1.27 bits per heavy atom. The van der Waals surface area contributed by atoms with Gasteiger partial charge in [-0.1, -0.05) is 19.8 Å². The largest absolute Gasteiger partial charge is 0.380 e. The molecule has 0 aromatic heterocycles. The molecule has 1 fully saturated rings. The van der Waals surface area contributed by atoms with Crippen LogP contribution in [0.4, 0.5) is 0 Å². The van der Waals surface area contributed by atoms with Crippen molar-refractivity contribution in [1.82, 2.24) is 0 Å². The van der Waals surface area contributed by atoms with Gasteiger partial charge in [-0.25, -0.2) is 0 Å². The molecular weight excluding hydrogens is 206 g/mol. The molecule has 0 aromatic rings. The molecular formula is C12H25NOS. The van der Waals surface area contributed by atoms with Gasteiger partial charge >= 0.3 is 0 Å². The van der Waals surface area contributed by atoms with Crippen LogP contribution in [-0.2, 0) is 4.74 Å². The zero-order valence-corrected chi connectivity index (χ0v) is 10.7. The van der Waals surface area contributed by atoms with E-state index in [1.54, 1.807) is 0 Å². The van der Waals surface area contributed by atoms with Crippen molar-refractivity contribution in [2.75, 3.05) is 31.3 Å². The van der Waals surface area contributed by atoms with E-state index in [1.165, 1.54) is 31.4 Å². The maximum Gasteiger partial charge on any atom is 0.0556 e. The van der Waals surface area contributed by atoms with Crippen molar-refractivity contribution in [2.24, 2.45) is 17.6 Å². The molecule has 3 heteroatoms. The van der Waals surface area contributed by atoms with Crippen LogP contribution in [0.15, 0.2) is 0 Å². The molecule has 0 saturated heterocycles. The molecule has 2 atom stereocenters. The second-order valence-corrected chi connectivity index (χ2v) is 5.71. The van der Waals surface area contributed by atoms with Gasteiger partial charge in [0.25, 0.3) is 0 Å². The number of hydrogen-bond acceptors (Lipinski definition) is 3. The average molecular weight is 231 g/mol. The van der Waals surface area contributed by atoms with E-state index >= 15 is 0 Å². The Balaban J connectivity index is 2.07. The van der Waals surface area contributed by atoms with Gasteiger partial charge in [-0.3, -0.25) is 0 Å². The van der Waals surface area contributed by atoms with E-state index in [2.05, 4.69) is 6.92 Å². The SMILES string of the molecule is CCSCCOCC1CCCCC1CN. The van der Waals surface area contributed by atoms with Gasteiger partial charge in [0.15, 0.2) is 0 Å². The summed E-state index contributed by atoms with van der Waals surface area (Å²) in [5.41, 5.74) is 5.79. The minimum absolute atomic E-state index is 0.720. The molecule has 1 aliphatic carbocycles. The standard InChI is InChI=1S/C12H25NOS/c1-2-15-8-7-14-10-12-6-4-3-5-11(12)9-13/h11-12H,2-10,13H2,1H3. The highest BCUT2D eigenvalue weighted by Crippen LogP contribution is 2.29. The molecule has 1 saturated carbocycles. The van der Waals surface area contributed by atoms with E-state index in [1.807, 2.05) is 11.8 Å². The summed E-state index contributed by atoms with van der Waals surface area (Å²) < 4.78 is 5.73. The Hall–Kier alpha value is 0.270. The first kappa shape index (κ1) is 13.3. The highest BCUT2D eigenvalue weighted by molar-refractivity contribution is 7.99. The molecule has 0 bridgehead atoms. The highest BCUT2D eigenvalue weighted by Gasteiger charge is 2.23. The van der Waals surface area contributed by atoms with Crippen LogP contribution in [0, 0.1) is 11.8 Å². The molecule has 2 N–H and O–H groups in total. The van der Waals surface area contributed by atoms with Crippen LogP contribution in [-0.4, -0.2) is 31.3 Å². The van der Waals surface area contributed by atoms with Crippen molar-refractivity contribution in [1.29, 1.82) is 0 Å². The molecule has 1 rings (SSSR count). The number of hydrogen-bond donors (Lipinski definition) is 1. The van der Waals surface area contributed by atoms with Crippen LogP contribution in [0.25, 0.3) is 0 Å². The van der Waals surface area contributed by atoms with Gasteiger partial charge in [0.2, 0.25) is 0 Å². The summed E-state index contributed by atoms with van der Waals surface area (Å²) >= 11 is 1.95. The molecule has 2 unspecified atom stereocenters. The van der Waals surface area contributed by atoms with Crippen LogP contribution in [0.3, 0.4) is 0 Å². The van der Waals surface area contributed by atoms with Crippen LogP contribution in [0.1, 0.15) is 32.6 Å². The van der Waals surface area contributed by atoms with Crippen LogP contribution in [0.5, 0.6) is 0 Å². The lowest BCUT2D eigenvalue weighted by Crippen LogP contribution is -2.30. The number of thioether (sulfide) groups is 1. The lowest BCUT2D eigenvalue weighted by Gasteiger charge is -2.30. The zero-order valence-electron chi connectivity index (χ0n) is 9.91. The van der Waals surface area contributed by atoms with E-state index in [0.29, 0.717) is 0 Å². The van der Waals surface area contributed by atoms with Crippen LogP contribution >= 0.6 is 11.8 Å². The van der Waals surface area contributed by atoms with Crippen LogP contribution in [0.2, 0.25) is 0 Å². The molecule has 0 aliphatic heterocycles. The predicted molar refractivity (Wildman–Crippen MR) is 68.3 cm³/mol. The van der Waals surface area contributed by atoms with Gasteiger partial charge in [0, 0.05) is 12.4 Å². The summed E-state index contributed by atoms with van der Waals surface area (Å²) in [5.74, 6) is 3.78. The molecule has 1 aliphatic rings. The molecule has 0 aromatic carbocycles. The third kappa shape index (κ3) is 5.23. The summed E-state index contributed by atoms with van der Waals surface area (Å²) in [7, 11) is 0. The molecule has 0 radical (unpaired) electrons. The lowest BCUT2D eigenvalue weighted by molar-refractivity contribution is 0.0701. The van der Waals surface area contributed by atoms with E-state index in [0.717, 1.165) is 37.3 Å². The summed E-state index contributed by atoms with van der Waals surface area (Å²) in [6.45, 7) is 4.88. The van der Waals surface area contributed by atoms with Crippen molar-refractivity contribution in [2.45, 2.75) is 32.6 Å². The smallest absolute Gasteiger partial charge is 0.0556 e. The minimum Gasteiger partial charge on any atom is -0.380 e. The van der Waals surface area contributed by atoms with E-state index in [-0.39, 0.29) is 0 Å². The third-order valence-corrected chi connectivity index (χ3v) is 4.14. The van der Waals surface area contributed by atoms with Gasteiger partial charge in [0.1, 0.15) is 0 Å². The average Bonchev–Trinajstić information content (AvgIpc) is 2.29. The summed E-state index contributed by atoms with van der Waals surface area (Å²) in [6.07, 6.45) is 5.37. The zero-order chi connectivity index (χ0) is 10.9. The maximum absolute atomic E-state index is 5.79. The number of nitrogens with two attached hydrogens (primary N) is 1. The Labute approximate surface area is 98.3 Å². The van der Waals surface area contributed by atoms with Gasteiger partial charge in [-0.2, -0.15) is 11.8 Å². The topological polar surface area (TPSA) is 35.2 Å². The highest BCUT2D eigenvalue weighted by atomic mass is 32.2.